The highest BCUT2D eigenvalue weighted by Gasteiger charge is 2.27. The third kappa shape index (κ3) is 2.39. The Kier molecular flexibility index (Phi) is 3.40. The van der Waals surface area contributed by atoms with Gasteiger partial charge in [0, 0.05) is 12.1 Å². The number of halogens is 4. The molecule has 0 fully saturated rings. The lowest BCUT2D eigenvalue weighted by molar-refractivity contribution is 0.330. The van der Waals surface area contributed by atoms with Crippen LogP contribution in [0.3, 0.4) is 0 Å². The van der Waals surface area contributed by atoms with Gasteiger partial charge in [0.2, 0.25) is 11.6 Å². The molecule has 21 heavy (non-hydrogen) atoms. The monoisotopic (exact) mass is 298 g/mol. The summed E-state index contributed by atoms with van der Waals surface area (Å²) in [5, 5.41) is 0. The Morgan fingerprint density at radius 2 is 1.67 bits per heavy atom. The quantitative estimate of drug-likeness (QED) is 0.598. The normalized spacial score (nSPS) is 14.4. The van der Waals surface area contributed by atoms with Gasteiger partial charge in [0.15, 0.2) is 0 Å². The maximum atomic E-state index is 13.8. The molecule has 0 radical (unpaired) electrons. The number of anilines is 1. The zero-order valence-corrected chi connectivity index (χ0v) is 10.7. The first kappa shape index (κ1) is 13.7. The maximum absolute atomic E-state index is 13.8. The Bertz CT molecular complexity index is 667. The average Bonchev–Trinajstić information content (AvgIpc) is 2.67. The topological polar surface area (TPSA) is 25.4 Å². The summed E-state index contributed by atoms with van der Waals surface area (Å²) >= 11 is 0. The van der Waals surface area contributed by atoms with E-state index in [4.69, 9.17) is 4.74 Å². The van der Waals surface area contributed by atoms with Gasteiger partial charge in [0.1, 0.15) is 18.0 Å². The fourth-order valence-electron chi connectivity index (χ4n) is 2.27. The molecular formula is C14H10F4N2O. The lowest BCUT2D eigenvalue weighted by Crippen LogP contribution is -2.28. The molecule has 2 heterocycles. The third-order valence-corrected chi connectivity index (χ3v) is 3.24. The molecule has 0 aliphatic carbocycles. The first-order valence-corrected chi connectivity index (χ1v) is 6.23. The number of benzene rings is 1. The van der Waals surface area contributed by atoms with E-state index in [1.165, 1.54) is 4.90 Å². The molecule has 0 saturated heterocycles. The Morgan fingerprint density at radius 1 is 1.00 bits per heavy atom. The predicted molar refractivity (Wildman–Crippen MR) is 67.1 cm³/mol. The average molecular weight is 298 g/mol. The maximum Gasteiger partial charge on any atom is 0.253 e. The van der Waals surface area contributed by atoms with Crippen LogP contribution in [0.1, 0.15) is 5.56 Å². The molecule has 1 aliphatic rings. The zero-order chi connectivity index (χ0) is 15.0. The zero-order valence-electron chi connectivity index (χ0n) is 10.7. The molecule has 7 heteroatoms. The van der Waals surface area contributed by atoms with Crippen molar-refractivity contribution in [3.63, 3.8) is 0 Å². The standard InChI is InChI=1S/C14H10F4N2O/c15-10-12(11(16)14(18)19-13(10)17)20-5-6-21-9-4-2-1-3-8(9)7-20/h1-4H,5-7H2. The van der Waals surface area contributed by atoms with Crippen LogP contribution >= 0.6 is 0 Å². The molecule has 0 unspecified atom stereocenters. The first-order valence-electron chi connectivity index (χ1n) is 6.23. The number of nitrogens with zero attached hydrogens (tertiary/aromatic N) is 2. The molecule has 0 spiro atoms. The van der Waals surface area contributed by atoms with Gasteiger partial charge in [-0.05, 0) is 6.07 Å². The van der Waals surface area contributed by atoms with Crippen molar-refractivity contribution >= 4 is 5.69 Å². The highest BCUT2D eigenvalue weighted by Crippen LogP contribution is 2.30. The summed E-state index contributed by atoms with van der Waals surface area (Å²) in [6, 6.07) is 6.95. The summed E-state index contributed by atoms with van der Waals surface area (Å²) in [7, 11) is 0. The summed E-state index contributed by atoms with van der Waals surface area (Å²) in [5.74, 6) is -5.76. The molecule has 0 bridgehead atoms. The first-order chi connectivity index (χ1) is 10.1. The van der Waals surface area contributed by atoms with Crippen LogP contribution in [0.5, 0.6) is 5.75 Å². The number of pyridine rings is 1. The fraction of sp³-hybridized carbons (Fsp3) is 0.214. The van der Waals surface area contributed by atoms with Crippen LogP contribution in [0.4, 0.5) is 23.2 Å². The molecule has 0 atom stereocenters. The number of ether oxygens (including phenoxy) is 1. The van der Waals surface area contributed by atoms with Gasteiger partial charge in [-0.2, -0.15) is 22.5 Å². The van der Waals surface area contributed by atoms with E-state index in [0.717, 1.165) is 0 Å². The van der Waals surface area contributed by atoms with Gasteiger partial charge in [-0.15, -0.1) is 0 Å². The van der Waals surface area contributed by atoms with E-state index in [2.05, 4.69) is 4.98 Å². The van der Waals surface area contributed by atoms with Gasteiger partial charge in [-0.25, -0.2) is 0 Å². The lowest BCUT2D eigenvalue weighted by Gasteiger charge is -2.23. The third-order valence-electron chi connectivity index (χ3n) is 3.24. The fourth-order valence-corrected chi connectivity index (χ4v) is 2.27. The summed E-state index contributed by atoms with van der Waals surface area (Å²) in [4.78, 5) is 3.75. The summed E-state index contributed by atoms with van der Waals surface area (Å²) in [6.45, 7) is 0.305. The van der Waals surface area contributed by atoms with Crippen molar-refractivity contribution in [1.82, 2.24) is 4.98 Å². The van der Waals surface area contributed by atoms with Crippen LogP contribution in [-0.2, 0) is 6.54 Å². The highest BCUT2D eigenvalue weighted by atomic mass is 19.2. The molecule has 2 aromatic rings. The van der Waals surface area contributed by atoms with E-state index in [9.17, 15) is 17.6 Å². The molecular weight excluding hydrogens is 288 g/mol. The second kappa shape index (κ2) is 5.23. The van der Waals surface area contributed by atoms with Gasteiger partial charge >= 0.3 is 0 Å². The Labute approximate surface area is 117 Å². The van der Waals surface area contributed by atoms with E-state index < -0.39 is 29.2 Å². The van der Waals surface area contributed by atoms with Gasteiger partial charge in [0.05, 0.1) is 6.54 Å². The minimum atomic E-state index is -1.66. The molecule has 0 N–H and O–H groups in total. The lowest BCUT2D eigenvalue weighted by atomic mass is 10.2. The molecule has 1 aromatic heterocycles. The van der Waals surface area contributed by atoms with Crippen molar-refractivity contribution in [2.75, 3.05) is 18.1 Å². The second-order valence-corrected chi connectivity index (χ2v) is 4.55. The molecule has 0 amide bonds. The SMILES string of the molecule is Fc1nc(F)c(F)c(N2CCOc3ccccc3C2)c1F. The van der Waals surface area contributed by atoms with E-state index in [-0.39, 0.29) is 19.7 Å². The van der Waals surface area contributed by atoms with Crippen molar-refractivity contribution < 1.29 is 22.3 Å². The number of para-hydroxylation sites is 1. The van der Waals surface area contributed by atoms with Gasteiger partial charge in [0.25, 0.3) is 11.9 Å². The smallest absolute Gasteiger partial charge is 0.253 e. The number of aromatic nitrogens is 1. The molecule has 0 saturated carbocycles. The number of hydrogen-bond donors (Lipinski definition) is 0. The van der Waals surface area contributed by atoms with Crippen LogP contribution in [0, 0.1) is 23.5 Å². The van der Waals surface area contributed by atoms with E-state index in [0.29, 0.717) is 11.3 Å². The Hall–Kier alpha value is -2.31. The minimum Gasteiger partial charge on any atom is -0.491 e. The predicted octanol–water partition coefficient (Wildman–Crippen LogP) is 3.04. The van der Waals surface area contributed by atoms with Crippen LogP contribution < -0.4 is 9.64 Å². The van der Waals surface area contributed by atoms with Gasteiger partial charge in [-0.3, -0.25) is 0 Å². The van der Waals surface area contributed by atoms with E-state index in [1.807, 2.05) is 0 Å². The van der Waals surface area contributed by atoms with Crippen LogP contribution in [0.2, 0.25) is 0 Å². The van der Waals surface area contributed by atoms with Crippen LogP contribution in [-0.4, -0.2) is 18.1 Å². The van der Waals surface area contributed by atoms with Gasteiger partial charge < -0.3 is 9.64 Å². The number of rotatable bonds is 1. The summed E-state index contributed by atoms with van der Waals surface area (Å²) in [5.41, 5.74) is -0.0910. The number of hydrogen-bond acceptors (Lipinski definition) is 3. The van der Waals surface area contributed by atoms with Crippen molar-refractivity contribution in [3.8, 4) is 5.75 Å². The second-order valence-electron chi connectivity index (χ2n) is 4.55. The molecule has 1 aromatic carbocycles. The minimum absolute atomic E-state index is 0.0763. The van der Waals surface area contributed by atoms with Crippen molar-refractivity contribution in [2.45, 2.75) is 6.54 Å². The molecule has 3 nitrogen and oxygen atoms in total. The van der Waals surface area contributed by atoms with E-state index in [1.54, 1.807) is 24.3 Å². The van der Waals surface area contributed by atoms with Crippen molar-refractivity contribution in [3.05, 3.63) is 53.4 Å². The van der Waals surface area contributed by atoms with Crippen molar-refractivity contribution in [2.24, 2.45) is 0 Å². The molecule has 1 aliphatic heterocycles. The van der Waals surface area contributed by atoms with E-state index >= 15 is 0 Å². The largest absolute Gasteiger partial charge is 0.491 e. The van der Waals surface area contributed by atoms with Gasteiger partial charge in [-0.1, -0.05) is 18.2 Å². The van der Waals surface area contributed by atoms with Crippen molar-refractivity contribution in [1.29, 1.82) is 0 Å². The highest BCUT2D eigenvalue weighted by molar-refractivity contribution is 5.51. The molecule has 110 valence electrons. The van der Waals surface area contributed by atoms with Crippen LogP contribution in [0.15, 0.2) is 24.3 Å². The summed E-state index contributed by atoms with van der Waals surface area (Å²) < 4.78 is 59.5. The Morgan fingerprint density at radius 3 is 2.38 bits per heavy atom. The number of fused-ring (bicyclic) bond motifs is 1. The van der Waals surface area contributed by atoms with Crippen LogP contribution in [0.25, 0.3) is 0 Å². The molecule has 3 rings (SSSR count). The Balaban J connectivity index is 2.06. The summed E-state index contributed by atoms with van der Waals surface area (Å²) in [6.07, 6.45) is 0.